The van der Waals surface area contributed by atoms with Gasteiger partial charge in [-0.2, -0.15) is 0 Å². The van der Waals surface area contributed by atoms with Gasteiger partial charge >= 0.3 is 0 Å². The molecule has 1 aromatic heterocycles. The SMILES string of the molecule is Cc1cc(F)ccc1C(=O)NC1=CC(c2[nH]c3c(c2Nc2ccccc2)C(=O)C2CC2(C)C3)=CCN1. The molecule has 2 unspecified atom stereocenters. The summed E-state index contributed by atoms with van der Waals surface area (Å²) in [7, 11) is 0. The van der Waals surface area contributed by atoms with Crippen LogP contribution in [0.3, 0.4) is 0 Å². The van der Waals surface area contributed by atoms with Gasteiger partial charge in [0, 0.05) is 35.0 Å². The maximum absolute atomic E-state index is 13.5. The molecule has 6 nitrogen and oxygen atoms in total. The van der Waals surface area contributed by atoms with Crippen molar-refractivity contribution in [3.8, 4) is 0 Å². The number of ketones is 1. The number of hydrogen-bond acceptors (Lipinski definition) is 4. The molecule has 1 fully saturated rings. The predicted octanol–water partition coefficient (Wildman–Crippen LogP) is 5.23. The number of carbonyl (C=O) groups is 2. The van der Waals surface area contributed by atoms with Crippen LogP contribution in [0.25, 0.3) is 5.57 Å². The third kappa shape index (κ3) is 3.81. The van der Waals surface area contributed by atoms with Crippen LogP contribution in [0.15, 0.2) is 66.5 Å². The molecule has 3 aliphatic rings. The van der Waals surface area contributed by atoms with Crippen LogP contribution in [0.1, 0.15) is 51.0 Å². The first kappa shape index (κ1) is 22.3. The van der Waals surface area contributed by atoms with Gasteiger partial charge < -0.3 is 20.9 Å². The second kappa shape index (κ2) is 8.22. The monoisotopic (exact) mass is 482 g/mol. The number of rotatable bonds is 5. The molecule has 1 aliphatic heterocycles. The van der Waals surface area contributed by atoms with E-state index in [0.717, 1.165) is 46.7 Å². The van der Waals surface area contributed by atoms with Gasteiger partial charge in [0.05, 0.1) is 16.9 Å². The Morgan fingerprint density at radius 1 is 1.17 bits per heavy atom. The van der Waals surface area contributed by atoms with E-state index in [1.54, 1.807) is 6.92 Å². The second-order valence-electron chi connectivity index (χ2n) is 10.2. The van der Waals surface area contributed by atoms with Gasteiger partial charge in [-0.15, -0.1) is 0 Å². The first-order chi connectivity index (χ1) is 17.3. The zero-order valence-corrected chi connectivity index (χ0v) is 20.2. The fourth-order valence-electron chi connectivity index (χ4n) is 5.42. The van der Waals surface area contributed by atoms with E-state index < -0.39 is 0 Å². The Bertz CT molecular complexity index is 1470. The average Bonchev–Trinajstić information content (AvgIpc) is 3.42. The maximum atomic E-state index is 13.5. The number of halogens is 1. The highest BCUT2D eigenvalue weighted by molar-refractivity contribution is 6.10. The van der Waals surface area contributed by atoms with Gasteiger partial charge in [-0.3, -0.25) is 9.59 Å². The molecule has 7 heteroatoms. The van der Waals surface area contributed by atoms with Crippen LogP contribution in [-0.2, 0) is 6.42 Å². The van der Waals surface area contributed by atoms with Gasteiger partial charge in [-0.1, -0.05) is 31.2 Å². The Hall–Kier alpha value is -4.13. The van der Waals surface area contributed by atoms with E-state index in [2.05, 4.69) is 27.9 Å². The number of aromatic nitrogens is 1. The Labute approximate surface area is 208 Å². The summed E-state index contributed by atoms with van der Waals surface area (Å²) in [5.74, 6) is 0.124. The maximum Gasteiger partial charge on any atom is 0.257 e. The predicted molar refractivity (Wildman–Crippen MR) is 137 cm³/mol. The molecule has 2 atom stereocenters. The highest BCUT2D eigenvalue weighted by Gasteiger charge is 2.58. The van der Waals surface area contributed by atoms with Crippen molar-refractivity contribution in [2.45, 2.75) is 26.7 Å². The van der Waals surface area contributed by atoms with E-state index in [4.69, 9.17) is 0 Å². The normalized spacial score (nSPS) is 22.0. The second-order valence-corrected chi connectivity index (χ2v) is 10.2. The van der Waals surface area contributed by atoms with E-state index >= 15 is 0 Å². The number of dihydropyridines is 1. The molecule has 6 rings (SSSR count). The van der Waals surface area contributed by atoms with E-state index in [-0.39, 0.29) is 28.8 Å². The van der Waals surface area contributed by atoms with Gasteiger partial charge in [0.1, 0.15) is 11.6 Å². The van der Waals surface area contributed by atoms with Crippen LogP contribution in [0.4, 0.5) is 15.8 Å². The molecule has 182 valence electrons. The fraction of sp³-hybridized carbons (Fsp3) is 0.241. The minimum absolute atomic E-state index is 0.0424. The first-order valence-corrected chi connectivity index (χ1v) is 12.2. The molecule has 0 radical (unpaired) electrons. The smallest absolute Gasteiger partial charge is 0.257 e. The van der Waals surface area contributed by atoms with Crippen molar-refractivity contribution in [3.05, 3.63) is 100 Å². The average molecular weight is 483 g/mol. The van der Waals surface area contributed by atoms with Crippen molar-refractivity contribution >= 4 is 28.6 Å². The number of nitrogens with one attached hydrogen (secondary N) is 4. The lowest BCUT2D eigenvalue weighted by atomic mass is 9.87. The van der Waals surface area contributed by atoms with Crippen LogP contribution < -0.4 is 16.0 Å². The molecular weight excluding hydrogens is 455 g/mol. The van der Waals surface area contributed by atoms with Crippen LogP contribution >= 0.6 is 0 Å². The quantitative estimate of drug-likeness (QED) is 0.401. The first-order valence-electron chi connectivity index (χ1n) is 12.2. The van der Waals surface area contributed by atoms with Gasteiger partial charge in [0.15, 0.2) is 5.78 Å². The van der Waals surface area contributed by atoms with Crippen molar-refractivity contribution in [1.29, 1.82) is 0 Å². The molecule has 36 heavy (non-hydrogen) atoms. The van der Waals surface area contributed by atoms with Gasteiger partial charge in [0.25, 0.3) is 5.91 Å². The summed E-state index contributed by atoms with van der Waals surface area (Å²) < 4.78 is 13.5. The van der Waals surface area contributed by atoms with Crippen molar-refractivity contribution in [3.63, 3.8) is 0 Å². The number of allylic oxidation sites excluding steroid dienone is 2. The van der Waals surface area contributed by atoms with E-state index in [0.29, 0.717) is 23.5 Å². The molecule has 0 spiro atoms. The molecule has 0 saturated heterocycles. The molecule has 2 heterocycles. The summed E-state index contributed by atoms with van der Waals surface area (Å²) in [5.41, 5.74) is 6.11. The lowest BCUT2D eigenvalue weighted by Gasteiger charge is -2.19. The van der Waals surface area contributed by atoms with Crippen LogP contribution in [0, 0.1) is 24.1 Å². The number of Topliss-reactive ketones (excluding diaryl/α,β-unsaturated/α-hetero) is 1. The van der Waals surface area contributed by atoms with E-state index in [1.807, 2.05) is 42.5 Å². The summed E-state index contributed by atoms with van der Waals surface area (Å²) in [4.78, 5) is 29.8. The number of aromatic amines is 1. The molecule has 1 saturated carbocycles. The summed E-state index contributed by atoms with van der Waals surface area (Å²) in [6, 6.07) is 13.9. The van der Waals surface area contributed by atoms with Crippen molar-refractivity contribution < 1.29 is 14.0 Å². The number of hydrogen-bond donors (Lipinski definition) is 4. The van der Waals surface area contributed by atoms with E-state index in [9.17, 15) is 14.0 Å². The third-order valence-corrected chi connectivity index (χ3v) is 7.50. The lowest BCUT2D eigenvalue weighted by molar-refractivity contribution is 0.0938. The number of fused-ring (bicyclic) bond motifs is 2. The highest BCUT2D eigenvalue weighted by atomic mass is 19.1. The number of para-hydroxylation sites is 1. The van der Waals surface area contributed by atoms with Gasteiger partial charge in [-0.05, 0) is 67.2 Å². The lowest BCUT2D eigenvalue weighted by Crippen LogP contribution is -2.33. The number of anilines is 2. The number of benzene rings is 2. The summed E-state index contributed by atoms with van der Waals surface area (Å²) in [6.45, 7) is 4.39. The molecule has 3 aromatic rings. The van der Waals surface area contributed by atoms with Crippen LogP contribution in [0.5, 0.6) is 0 Å². The Morgan fingerprint density at radius 2 is 1.97 bits per heavy atom. The summed E-state index contributed by atoms with van der Waals surface area (Å²) in [5, 5.41) is 9.58. The molecule has 4 N–H and O–H groups in total. The topological polar surface area (TPSA) is 86.0 Å². The number of aryl methyl sites for hydroxylation is 1. The van der Waals surface area contributed by atoms with Crippen LogP contribution in [0.2, 0.25) is 0 Å². The standard InChI is InChI=1S/C29H27FN4O2/c1-16-12-18(30)8-9-20(16)28(36)34-23-13-17(10-11-31-23)25-26(32-19-6-4-3-5-7-19)24-22(33-25)15-29(2)14-21(29)27(24)35/h3-10,12-13,21,31-33H,11,14-15H2,1-2H3,(H,34,36). The Morgan fingerprint density at radius 3 is 2.75 bits per heavy atom. The van der Waals surface area contributed by atoms with Crippen molar-refractivity contribution in [2.75, 3.05) is 11.9 Å². The van der Waals surface area contributed by atoms with Crippen LogP contribution in [-0.4, -0.2) is 23.2 Å². The molecule has 0 bridgehead atoms. The summed E-state index contributed by atoms with van der Waals surface area (Å²) >= 11 is 0. The minimum atomic E-state index is -0.375. The largest absolute Gasteiger partial charge is 0.368 e. The molecule has 2 aromatic carbocycles. The fourth-order valence-corrected chi connectivity index (χ4v) is 5.42. The molecular formula is C29H27FN4O2. The zero-order chi connectivity index (χ0) is 25.0. The zero-order valence-electron chi connectivity index (χ0n) is 20.2. The van der Waals surface area contributed by atoms with Gasteiger partial charge in [-0.25, -0.2) is 4.39 Å². The molecule has 1 amide bonds. The number of carbonyl (C=O) groups excluding carboxylic acids is 2. The minimum Gasteiger partial charge on any atom is -0.368 e. The molecule has 2 aliphatic carbocycles. The van der Waals surface area contributed by atoms with Crippen molar-refractivity contribution in [2.24, 2.45) is 11.3 Å². The summed E-state index contributed by atoms with van der Waals surface area (Å²) in [6.07, 6.45) is 5.66. The third-order valence-electron chi connectivity index (χ3n) is 7.50. The van der Waals surface area contributed by atoms with Crippen molar-refractivity contribution in [1.82, 2.24) is 15.6 Å². The Kier molecular flexibility index (Phi) is 5.10. The Balaban J connectivity index is 1.35. The van der Waals surface area contributed by atoms with Gasteiger partial charge in [0.2, 0.25) is 0 Å². The number of amides is 1. The van der Waals surface area contributed by atoms with E-state index in [1.165, 1.54) is 18.2 Å². The number of H-pyrrole nitrogens is 1. The highest BCUT2D eigenvalue weighted by Crippen LogP contribution is 2.60.